The van der Waals surface area contributed by atoms with Crippen LogP contribution in [0, 0.1) is 0 Å². The Morgan fingerprint density at radius 3 is 2.40 bits per heavy atom. The van der Waals surface area contributed by atoms with Crippen molar-refractivity contribution in [2.24, 2.45) is 0 Å². The quantitative estimate of drug-likeness (QED) is 0.632. The Kier molecular flexibility index (Phi) is 5.80. The van der Waals surface area contributed by atoms with E-state index >= 15 is 0 Å². The van der Waals surface area contributed by atoms with E-state index < -0.39 is 0 Å². The normalized spacial score (nSPS) is 10.3. The minimum atomic E-state index is -0.176. The van der Waals surface area contributed by atoms with E-state index in [1.807, 2.05) is 36.4 Å². The summed E-state index contributed by atoms with van der Waals surface area (Å²) in [7, 11) is 0. The molecule has 0 aliphatic carbocycles. The van der Waals surface area contributed by atoms with Crippen molar-refractivity contribution >= 4 is 33.3 Å². The topological polar surface area (TPSA) is 54.0 Å². The van der Waals surface area contributed by atoms with Crippen LogP contribution in [0.3, 0.4) is 0 Å². The second-order valence-corrected chi connectivity index (χ2v) is 6.47. The highest BCUT2D eigenvalue weighted by Gasteiger charge is 2.06. The van der Waals surface area contributed by atoms with Crippen molar-refractivity contribution in [2.75, 3.05) is 17.2 Å². The molecule has 0 atom stereocenters. The van der Waals surface area contributed by atoms with Crippen LogP contribution < -0.4 is 10.6 Å². The van der Waals surface area contributed by atoms with Crippen molar-refractivity contribution in [1.29, 1.82) is 0 Å². The van der Waals surface area contributed by atoms with E-state index in [0.717, 1.165) is 23.1 Å². The highest BCUT2D eigenvalue weighted by atomic mass is 79.9. The molecule has 126 valence electrons. The molecule has 3 rings (SSSR count). The van der Waals surface area contributed by atoms with Crippen LogP contribution in [0.4, 0.5) is 11.5 Å². The summed E-state index contributed by atoms with van der Waals surface area (Å²) in [6, 6.07) is 21.2. The fraction of sp³-hybridized carbons (Fsp3) is 0.100. The SMILES string of the molecule is O=C(Nc1ccc(NCCc2ccccc2)cn1)c1ccc(Br)cc1. The van der Waals surface area contributed by atoms with Gasteiger partial charge in [0.15, 0.2) is 0 Å². The van der Waals surface area contributed by atoms with Gasteiger partial charge in [-0.2, -0.15) is 0 Å². The van der Waals surface area contributed by atoms with E-state index in [0.29, 0.717) is 11.4 Å². The zero-order valence-electron chi connectivity index (χ0n) is 13.6. The van der Waals surface area contributed by atoms with Gasteiger partial charge in [-0.1, -0.05) is 46.3 Å². The maximum Gasteiger partial charge on any atom is 0.256 e. The highest BCUT2D eigenvalue weighted by Crippen LogP contribution is 2.14. The zero-order chi connectivity index (χ0) is 17.5. The molecule has 1 aromatic heterocycles. The zero-order valence-corrected chi connectivity index (χ0v) is 15.2. The highest BCUT2D eigenvalue weighted by molar-refractivity contribution is 9.10. The molecule has 0 fully saturated rings. The van der Waals surface area contributed by atoms with Gasteiger partial charge in [-0.3, -0.25) is 4.79 Å². The summed E-state index contributed by atoms with van der Waals surface area (Å²) in [4.78, 5) is 16.4. The third-order valence-electron chi connectivity index (χ3n) is 3.70. The van der Waals surface area contributed by atoms with E-state index in [2.05, 4.69) is 43.7 Å². The summed E-state index contributed by atoms with van der Waals surface area (Å²) >= 11 is 3.35. The molecule has 1 heterocycles. The Bertz CT molecular complexity index is 818. The number of carbonyl (C=O) groups excluding carboxylic acids is 1. The maximum atomic E-state index is 12.2. The Morgan fingerprint density at radius 1 is 0.960 bits per heavy atom. The molecule has 0 radical (unpaired) electrons. The number of nitrogens with zero attached hydrogens (tertiary/aromatic N) is 1. The molecule has 0 bridgehead atoms. The average molecular weight is 396 g/mol. The molecule has 0 saturated carbocycles. The Labute approximate surface area is 155 Å². The third-order valence-corrected chi connectivity index (χ3v) is 4.23. The lowest BCUT2D eigenvalue weighted by Crippen LogP contribution is -2.13. The lowest BCUT2D eigenvalue weighted by atomic mass is 10.1. The van der Waals surface area contributed by atoms with Crippen LogP contribution in [-0.2, 0) is 6.42 Å². The van der Waals surface area contributed by atoms with Crippen molar-refractivity contribution < 1.29 is 4.79 Å². The first kappa shape index (κ1) is 17.2. The average Bonchev–Trinajstić information content (AvgIpc) is 2.64. The Balaban J connectivity index is 1.51. The minimum absolute atomic E-state index is 0.176. The van der Waals surface area contributed by atoms with Crippen LogP contribution in [0.15, 0.2) is 77.4 Å². The summed E-state index contributed by atoms with van der Waals surface area (Å²) in [6.07, 6.45) is 2.67. The van der Waals surface area contributed by atoms with Crippen LogP contribution in [0.1, 0.15) is 15.9 Å². The molecule has 2 aromatic carbocycles. The van der Waals surface area contributed by atoms with E-state index in [1.54, 1.807) is 24.4 Å². The molecular formula is C20H18BrN3O. The Hall–Kier alpha value is -2.66. The molecule has 3 aromatic rings. The number of pyridine rings is 1. The number of hydrogen-bond donors (Lipinski definition) is 2. The van der Waals surface area contributed by atoms with Gasteiger partial charge >= 0.3 is 0 Å². The van der Waals surface area contributed by atoms with E-state index in [-0.39, 0.29) is 5.91 Å². The molecule has 0 spiro atoms. The first-order valence-corrected chi connectivity index (χ1v) is 8.81. The molecule has 1 amide bonds. The largest absolute Gasteiger partial charge is 0.383 e. The number of carbonyl (C=O) groups is 1. The monoisotopic (exact) mass is 395 g/mol. The predicted molar refractivity (Wildman–Crippen MR) is 105 cm³/mol. The molecule has 4 nitrogen and oxygen atoms in total. The predicted octanol–water partition coefficient (Wildman–Crippen LogP) is 4.75. The lowest BCUT2D eigenvalue weighted by Gasteiger charge is -2.08. The van der Waals surface area contributed by atoms with Gasteiger partial charge in [-0.25, -0.2) is 4.98 Å². The number of aromatic nitrogens is 1. The van der Waals surface area contributed by atoms with Gasteiger partial charge in [0, 0.05) is 16.6 Å². The number of amides is 1. The van der Waals surface area contributed by atoms with Gasteiger partial charge in [0.25, 0.3) is 5.91 Å². The van der Waals surface area contributed by atoms with Crippen LogP contribution >= 0.6 is 15.9 Å². The van der Waals surface area contributed by atoms with E-state index in [4.69, 9.17) is 0 Å². The van der Waals surface area contributed by atoms with Crippen LogP contribution in [0.5, 0.6) is 0 Å². The molecule has 25 heavy (non-hydrogen) atoms. The lowest BCUT2D eigenvalue weighted by molar-refractivity contribution is 0.102. The third kappa shape index (κ3) is 5.16. The molecule has 0 unspecified atom stereocenters. The van der Waals surface area contributed by atoms with Crippen molar-refractivity contribution in [3.05, 3.63) is 88.5 Å². The number of rotatable bonds is 6. The first-order chi connectivity index (χ1) is 12.2. The summed E-state index contributed by atoms with van der Waals surface area (Å²) in [5, 5.41) is 6.12. The van der Waals surface area contributed by atoms with Gasteiger partial charge in [0.2, 0.25) is 0 Å². The molecular weight excluding hydrogens is 378 g/mol. The van der Waals surface area contributed by atoms with Crippen LogP contribution in [0.25, 0.3) is 0 Å². The van der Waals surface area contributed by atoms with Gasteiger partial charge in [0.1, 0.15) is 5.82 Å². The van der Waals surface area contributed by atoms with Crippen molar-refractivity contribution in [2.45, 2.75) is 6.42 Å². The number of halogens is 1. The fourth-order valence-corrected chi connectivity index (χ4v) is 2.62. The Morgan fingerprint density at radius 2 is 1.72 bits per heavy atom. The first-order valence-electron chi connectivity index (χ1n) is 8.01. The maximum absolute atomic E-state index is 12.2. The van der Waals surface area contributed by atoms with Gasteiger partial charge in [-0.05, 0) is 48.4 Å². The molecule has 0 aliphatic rings. The molecule has 5 heteroatoms. The van der Waals surface area contributed by atoms with E-state index in [9.17, 15) is 4.79 Å². The number of benzene rings is 2. The minimum Gasteiger partial charge on any atom is -0.383 e. The van der Waals surface area contributed by atoms with Crippen molar-refractivity contribution in [3.8, 4) is 0 Å². The van der Waals surface area contributed by atoms with Gasteiger partial charge in [-0.15, -0.1) is 0 Å². The number of nitrogens with one attached hydrogen (secondary N) is 2. The van der Waals surface area contributed by atoms with Crippen LogP contribution in [0.2, 0.25) is 0 Å². The molecule has 2 N–H and O–H groups in total. The van der Waals surface area contributed by atoms with Crippen molar-refractivity contribution in [3.63, 3.8) is 0 Å². The van der Waals surface area contributed by atoms with Gasteiger partial charge in [0.05, 0.1) is 11.9 Å². The molecule has 0 aliphatic heterocycles. The summed E-state index contributed by atoms with van der Waals surface area (Å²) < 4.78 is 0.938. The standard InChI is InChI=1S/C20H18BrN3O/c21-17-8-6-16(7-9-17)20(25)24-19-11-10-18(14-23-19)22-13-12-15-4-2-1-3-5-15/h1-11,14,22H,12-13H2,(H,23,24,25). The van der Waals surface area contributed by atoms with Crippen molar-refractivity contribution in [1.82, 2.24) is 4.98 Å². The second kappa shape index (κ2) is 8.44. The smallest absolute Gasteiger partial charge is 0.256 e. The summed E-state index contributed by atoms with van der Waals surface area (Å²) in [5.74, 6) is 0.353. The number of anilines is 2. The number of hydrogen-bond acceptors (Lipinski definition) is 3. The summed E-state index contributed by atoms with van der Waals surface area (Å²) in [5.41, 5.74) is 2.81. The fourth-order valence-electron chi connectivity index (χ4n) is 2.36. The summed E-state index contributed by atoms with van der Waals surface area (Å²) in [6.45, 7) is 0.830. The second-order valence-electron chi connectivity index (χ2n) is 5.56. The van der Waals surface area contributed by atoms with Crippen LogP contribution in [-0.4, -0.2) is 17.4 Å². The van der Waals surface area contributed by atoms with Gasteiger partial charge < -0.3 is 10.6 Å². The molecule has 0 saturated heterocycles. The van der Waals surface area contributed by atoms with E-state index in [1.165, 1.54) is 5.56 Å².